The van der Waals surface area contributed by atoms with E-state index in [1.54, 1.807) is 0 Å². The van der Waals surface area contributed by atoms with Crippen molar-refractivity contribution in [2.24, 2.45) is 0 Å². The summed E-state index contributed by atoms with van der Waals surface area (Å²) in [7, 11) is -4.24. The van der Waals surface area contributed by atoms with E-state index in [9.17, 15) is 17.6 Å². The summed E-state index contributed by atoms with van der Waals surface area (Å²) in [5, 5.41) is 0. The first-order valence-electron chi connectivity index (χ1n) is 4.08. The topological polar surface area (TPSA) is 98.5 Å². The average molecular weight is 248 g/mol. The normalized spacial score (nSPS) is 10.9. The van der Waals surface area contributed by atoms with Crippen LogP contribution in [0.15, 0.2) is 18.2 Å². The first-order valence-corrected chi connectivity index (χ1v) is 5.49. The second-order valence-electron chi connectivity index (χ2n) is 2.87. The van der Waals surface area contributed by atoms with Gasteiger partial charge in [0.25, 0.3) is 0 Å². The predicted octanol–water partition coefficient (Wildman–Crippen LogP) is 0.628. The molecule has 1 rings (SSSR count). The molecule has 0 aliphatic heterocycles. The van der Waals surface area contributed by atoms with Gasteiger partial charge < -0.3 is 9.92 Å². The maximum atomic E-state index is 12.8. The fourth-order valence-corrected chi connectivity index (χ4v) is 1.69. The van der Waals surface area contributed by atoms with E-state index in [4.69, 9.17) is 5.73 Å². The van der Waals surface area contributed by atoms with E-state index in [2.05, 4.69) is 4.18 Å². The highest BCUT2D eigenvalue weighted by Crippen LogP contribution is 2.17. The zero-order valence-electron chi connectivity index (χ0n) is 8.23. The molecule has 1 aromatic carbocycles. The van der Waals surface area contributed by atoms with Crippen LogP contribution >= 0.6 is 0 Å². The van der Waals surface area contributed by atoms with E-state index >= 15 is 0 Å². The molecule has 0 radical (unpaired) electrons. The summed E-state index contributed by atoms with van der Waals surface area (Å²) in [5.41, 5.74) is 5.00. The van der Waals surface area contributed by atoms with Crippen LogP contribution in [0.3, 0.4) is 0 Å². The van der Waals surface area contributed by atoms with Crippen LogP contribution in [0.4, 0.5) is 15.8 Å². The third kappa shape index (κ3) is 3.39. The SMILES string of the molecule is CC(=O)OS(=O)(=O)Nc1ccc(F)c(N)c1. The number of nitrogens with one attached hydrogen (secondary N) is 1. The van der Waals surface area contributed by atoms with Crippen LogP contribution in [0.5, 0.6) is 0 Å². The summed E-state index contributed by atoms with van der Waals surface area (Å²) >= 11 is 0. The fraction of sp³-hybridized carbons (Fsp3) is 0.125. The lowest BCUT2D eigenvalue weighted by Crippen LogP contribution is -2.18. The Balaban J connectivity index is 2.88. The summed E-state index contributed by atoms with van der Waals surface area (Å²) in [6.45, 7) is 0.943. The van der Waals surface area contributed by atoms with Gasteiger partial charge in [0.2, 0.25) is 0 Å². The molecule has 3 N–H and O–H groups in total. The first kappa shape index (κ1) is 12.2. The lowest BCUT2D eigenvalue weighted by molar-refractivity contribution is -0.131. The minimum Gasteiger partial charge on any atom is -0.396 e. The molecule has 0 fully saturated rings. The minimum absolute atomic E-state index is 0.000139. The Hall–Kier alpha value is -1.83. The van der Waals surface area contributed by atoms with Gasteiger partial charge in [-0.2, -0.15) is 8.42 Å². The molecule has 1 aromatic rings. The quantitative estimate of drug-likeness (QED) is 0.764. The standard InChI is InChI=1S/C8H9FN2O4S/c1-5(12)15-16(13,14)11-6-2-3-7(9)8(10)4-6/h2-4,11H,10H2,1H3. The number of nitrogens with two attached hydrogens (primary N) is 1. The third-order valence-electron chi connectivity index (χ3n) is 1.47. The van der Waals surface area contributed by atoms with Crippen molar-refractivity contribution in [2.45, 2.75) is 6.92 Å². The van der Waals surface area contributed by atoms with Crippen molar-refractivity contribution in [1.82, 2.24) is 0 Å². The molecular weight excluding hydrogens is 239 g/mol. The molecule has 0 aromatic heterocycles. The van der Waals surface area contributed by atoms with E-state index in [-0.39, 0.29) is 11.4 Å². The van der Waals surface area contributed by atoms with Gasteiger partial charge in [-0.1, -0.05) is 0 Å². The van der Waals surface area contributed by atoms with Gasteiger partial charge in [-0.15, -0.1) is 0 Å². The van der Waals surface area contributed by atoms with Gasteiger partial charge in [-0.05, 0) is 18.2 Å². The minimum atomic E-state index is -4.24. The molecule has 0 unspecified atom stereocenters. The van der Waals surface area contributed by atoms with Gasteiger partial charge in [-0.3, -0.25) is 9.52 Å². The number of carbonyl (C=O) groups excluding carboxylic acids is 1. The van der Waals surface area contributed by atoms with Gasteiger partial charge in [0.15, 0.2) is 0 Å². The molecule has 0 saturated carbocycles. The molecule has 0 saturated heterocycles. The number of hydrogen-bond donors (Lipinski definition) is 2. The maximum absolute atomic E-state index is 12.8. The number of hydrogen-bond acceptors (Lipinski definition) is 5. The first-order chi connectivity index (χ1) is 7.30. The van der Waals surface area contributed by atoms with Crippen molar-refractivity contribution in [2.75, 3.05) is 10.5 Å². The number of nitrogen functional groups attached to an aromatic ring is 1. The Labute approximate surface area is 91.5 Å². The zero-order valence-corrected chi connectivity index (χ0v) is 9.05. The molecule has 16 heavy (non-hydrogen) atoms. The van der Waals surface area contributed by atoms with E-state index in [1.807, 2.05) is 4.72 Å². The lowest BCUT2D eigenvalue weighted by atomic mass is 10.3. The van der Waals surface area contributed by atoms with Gasteiger partial charge in [0.1, 0.15) is 5.82 Å². The Kier molecular flexibility index (Phi) is 3.33. The van der Waals surface area contributed by atoms with Crippen LogP contribution < -0.4 is 10.5 Å². The van der Waals surface area contributed by atoms with Crippen molar-refractivity contribution in [3.63, 3.8) is 0 Å². The zero-order chi connectivity index (χ0) is 12.3. The van der Waals surface area contributed by atoms with Crippen LogP contribution in [0.2, 0.25) is 0 Å². The largest absolute Gasteiger partial charge is 0.409 e. The predicted molar refractivity (Wildman–Crippen MR) is 55.1 cm³/mol. The van der Waals surface area contributed by atoms with Crippen molar-refractivity contribution < 1.29 is 21.8 Å². The third-order valence-corrected chi connectivity index (χ3v) is 2.41. The molecule has 0 bridgehead atoms. The molecular formula is C8H9FN2O4S. The second kappa shape index (κ2) is 4.35. The molecule has 6 nitrogen and oxygen atoms in total. The van der Waals surface area contributed by atoms with Crippen molar-refractivity contribution >= 4 is 27.6 Å². The maximum Gasteiger partial charge on any atom is 0.409 e. The van der Waals surface area contributed by atoms with Gasteiger partial charge in [-0.25, -0.2) is 4.39 Å². The van der Waals surface area contributed by atoms with Crippen molar-refractivity contribution in [3.8, 4) is 0 Å². The summed E-state index contributed by atoms with van der Waals surface area (Å²) in [6, 6.07) is 3.20. The van der Waals surface area contributed by atoms with E-state index < -0.39 is 22.1 Å². The fourth-order valence-electron chi connectivity index (χ4n) is 0.927. The number of anilines is 2. The lowest BCUT2D eigenvalue weighted by Gasteiger charge is -2.07. The van der Waals surface area contributed by atoms with Crippen LogP contribution in [-0.2, 0) is 19.3 Å². The van der Waals surface area contributed by atoms with E-state index in [0.29, 0.717) is 0 Å². The van der Waals surface area contributed by atoms with Crippen LogP contribution in [0.25, 0.3) is 0 Å². The van der Waals surface area contributed by atoms with Crippen LogP contribution in [-0.4, -0.2) is 14.4 Å². The average Bonchev–Trinajstić information content (AvgIpc) is 2.08. The summed E-state index contributed by atoms with van der Waals surface area (Å²) in [6.07, 6.45) is 0. The smallest absolute Gasteiger partial charge is 0.396 e. The Morgan fingerprint density at radius 2 is 2.12 bits per heavy atom. The molecule has 0 amide bonds. The molecule has 0 heterocycles. The highest BCUT2D eigenvalue weighted by molar-refractivity contribution is 7.88. The molecule has 0 atom stereocenters. The van der Waals surface area contributed by atoms with Gasteiger partial charge in [0, 0.05) is 6.92 Å². The monoisotopic (exact) mass is 248 g/mol. The van der Waals surface area contributed by atoms with Gasteiger partial charge >= 0.3 is 16.3 Å². The van der Waals surface area contributed by atoms with Gasteiger partial charge in [0.05, 0.1) is 11.4 Å². The van der Waals surface area contributed by atoms with Crippen LogP contribution in [0, 0.1) is 5.82 Å². The summed E-state index contributed by atoms with van der Waals surface area (Å²) < 4.78 is 40.9. The molecule has 0 spiro atoms. The molecule has 0 aliphatic carbocycles. The molecule has 8 heteroatoms. The number of halogens is 1. The Bertz CT molecular complexity index is 515. The Morgan fingerprint density at radius 1 is 1.50 bits per heavy atom. The number of rotatable bonds is 3. The summed E-state index contributed by atoms with van der Waals surface area (Å²) in [5.74, 6) is -1.65. The van der Waals surface area contributed by atoms with Crippen LogP contribution in [0.1, 0.15) is 6.92 Å². The number of carbonyl (C=O) groups is 1. The summed E-state index contributed by atoms with van der Waals surface area (Å²) in [4.78, 5) is 10.4. The second-order valence-corrected chi connectivity index (χ2v) is 4.15. The molecule has 88 valence electrons. The Morgan fingerprint density at radius 3 is 2.62 bits per heavy atom. The van der Waals surface area contributed by atoms with Crippen molar-refractivity contribution in [1.29, 1.82) is 0 Å². The highest BCUT2D eigenvalue weighted by atomic mass is 32.2. The molecule has 0 aliphatic rings. The van der Waals surface area contributed by atoms with E-state index in [0.717, 1.165) is 25.1 Å². The van der Waals surface area contributed by atoms with Crippen molar-refractivity contribution in [3.05, 3.63) is 24.0 Å². The number of benzene rings is 1. The highest BCUT2D eigenvalue weighted by Gasteiger charge is 2.14. The van der Waals surface area contributed by atoms with E-state index in [1.165, 1.54) is 0 Å².